The van der Waals surface area contributed by atoms with E-state index in [2.05, 4.69) is 20.3 Å². The Labute approximate surface area is 202 Å². The van der Waals surface area contributed by atoms with E-state index in [1.807, 2.05) is 25.9 Å². The van der Waals surface area contributed by atoms with E-state index in [0.717, 1.165) is 0 Å². The number of halogens is 1. The summed E-state index contributed by atoms with van der Waals surface area (Å²) in [5.41, 5.74) is 2.03. The van der Waals surface area contributed by atoms with Crippen LogP contribution in [0.1, 0.15) is 12.7 Å². The minimum absolute atomic E-state index is 0.106. The zero-order valence-electron chi connectivity index (χ0n) is 20.2. The first-order chi connectivity index (χ1) is 16.8. The van der Waals surface area contributed by atoms with Crippen LogP contribution in [0, 0.1) is 11.7 Å². The molecule has 1 aromatic carbocycles. The zero-order chi connectivity index (χ0) is 25.0. The molecule has 0 saturated carbocycles. The van der Waals surface area contributed by atoms with Crippen molar-refractivity contribution in [1.82, 2.24) is 30.2 Å². The van der Waals surface area contributed by atoms with Gasteiger partial charge in [-0.05, 0) is 44.4 Å². The van der Waals surface area contributed by atoms with Crippen LogP contribution >= 0.6 is 0 Å². The van der Waals surface area contributed by atoms with Crippen LogP contribution < -0.4 is 10.1 Å². The molecule has 0 spiro atoms. The highest BCUT2D eigenvalue weighted by Crippen LogP contribution is 2.37. The molecule has 186 valence electrons. The van der Waals surface area contributed by atoms with Crippen LogP contribution in [0.4, 0.5) is 4.39 Å². The molecular formula is C24H29FN6O4. The lowest BCUT2D eigenvalue weighted by atomic mass is 10.1. The normalized spacial score (nSPS) is 20.1. The molecule has 1 aliphatic heterocycles. The molecule has 35 heavy (non-hydrogen) atoms. The number of methoxy groups -OCH3 is 1. The van der Waals surface area contributed by atoms with Crippen LogP contribution in [0.5, 0.6) is 6.01 Å². The number of nitrogens with zero attached hydrogens (tertiary/aromatic N) is 4. The number of aromatic nitrogens is 4. The summed E-state index contributed by atoms with van der Waals surface area (Å²) in [5, 5.41) is 2.89. The molecule has 4 rings (SSSR count). The number of benzene rings is 1. The molecule has 0 atom stereocenters. The van der Waals surface area contributed by atoms with Gasteiger partial charge >= 0.3 is 11.8 Å². The average Bonchev–Trinajstić information content (AvgIpc) is 3.31. The lowest BCUT2D eigenvalue weighted by Gasteiger charge is -2.36. The molecule has 0 bridgehead atoms. The summed E-state index contributed by atoms with van der Waals surface area (Å²) in [4.78, 5) is 31.8. The number of imidazole rings is 1. The molecule has 0 unspecified atom stereocenters. The first kappa shape index (κ1) is 24.7. The summed E-state index contributed by atoms with van der Waals surface area (Å²) in [6.45, 7) is 3.63. The van der Waals surface area contributed by atoms with Crippen LogP contribution in [-0.2, 0) is 20.1 Å². The maximum atomic E-state index is 13.6. The van der Waals surface area contributed by atoms with E-state index in [-0.39, 0.29) is 23.6 Å². The number of amides is 1. The van der Waals surface area contributed by atoms with Gasteiger partial charge in [-0.2, -0.15) is 4.98 Å². The highest BCUT2D eigenvalue weighted by atomic mass is 19.1. The number of carbonyl (C=O) groups excluding carboxylic acids is 1. The van der Waals surface area contributed by atoms with Gasteiger partial charge in [-0.15, -0.1) is 0 Å². The SMILES string of the molecule is COc1nccc(-c2[nH]c(C3(C(=O)NCCN(C)C)OCC(C)CO3)nc2-c2ccc(F)cc2)n1. The first-order valence-electron chi connectivity index (χ1n) is 11.3. The highest BCUT2D eigenvalue weighted by Gasteiger charge is 2.49. The van der Waals surface area contributed by atoms with Crippen LogP contribution in [-0.4, -0.2) is 78.3 Å². The van der Waals surface area contributed by atoms with E-state index >= 15 is 0 Å². The zero-order valence-corrected chi connectivity index (χ0v) is 20.2. The molecule has 2 N–H and O–H groups in total. The Morgan fingerprint density at radius 2 is 1.94 bits per heavy atom. The van der Waals surface area contributed by atoms with Crippen molar-refractivity contribution in [1.29, 1.82) is 0 Å². The third kappa shape index (κ3) is 5.31. The molecule has 11 heteroatoms. The van der Waals surface area contributed by atoms with Crippen molar-refractivity contribution in [2.75, 3.05) is 47.5 Å². The van der Waals surface area contributed by atoms with E-state index in [4.69, 9.17) is 19.2 Å². The van der Waals surface area contributed by atoms with Gasteiger partial charge in [0.25, 0.3) is 5.91 Å². The van der Waals surface area contributed by atoms with Crippen LogP contribution in [0.2, 0.25) is 0 Å². The van der Waals surface area contributed by atoms with Gasteiger partial charge < -0.3 is 29.4 Å². The number of hydrogen-bond acceptors (Lipinski definition) is 8. The lowest BCUT2D eigenvalue weighted by molar-refractivity contribution is -0.277. The van der Waals surface area contributed by atoms with Crippen molar-refractivity contribution in [2.24, 2.45) is 5.92 Å². The van der Waals surface area contributed by atoms with Crippen molar-refractivity contribution in [2.45, 2.75) is 12.7 Å². The van der Waals surface area contributed by atoms with Crippen molar-refractivity contribution in [3.05, 3.63) is 48.2 Å². The lowest BCUT2D eigenvalue weighted by Crippen LogP contribution is -2.54. The molecule has 0 aliphatic carbocycles. The van der Waals surface area contributed by atoms with Gasteiger partial charge in [-0.1, -0.05) is 6.92 Å². The monoisotopic (exact) mass is 484 g/mol. The minimum Gasteiger partial charge on any atom is -0.467 e. The van der Waals surface area contributed by atoms with Gasteiger partial charge in [-0.25, -0.2) is 14.4 Å². The molecule has 3 heterocycles. The van der Waals surface area contributed by atoms with Crippen molar-refractivity contribution in [3.8, 4) is 28.7 Å². The summed E-state index contributed by atoms with van der Waals surface area (Å²) in [6.07, 6.45) is 1.55. The highest BCUT2D eigenvalue weighted by molar-refractivity contribution is 5.86. The standard InChI is InChI=1S/C24H29FN6O4/c1-15-13-34-24(35-14-15,22(32)26-11-12-31(2)3)21-29-19(16-5-7-17(25)8-6-16)20(30-21)18-9-10-27-23(28-18)33-4/h5-10,15H,11-14H2,1-4H3,(H,26,32)(H,29,30). The average molecular weight is 485 g/mol. The Morgan fingerprint density at radius 3 is 2.60 bits per heavy atom. The molecular weight excluding hydrogens is 455 g/mol. The minimum atomic E-state index is -1.77. The number of ether oxygens (including phenoxy) is 3. The van der Waals surface area contributed by atoms with Crippen molar-refractivity contribution < 1.29 is 23.4 Å². The summed E-state index contributed by atoms with van der Waals surface area (Å²) in [5.74, 6) is -2.34. The number of rotatable bonds is 8. The number of aromatic amines is 1. The van der Waals surface area contributed by atoms with Crippen LogP contribution in [0.15, 0.2) is 36.5 Å². The summed E-state index contributed by atoms with van der Waals surface area (Å²) < 4.78 is 30.9. The third-order valence-electron chi connectivity index (χ3n) is 5.49. The second kappa shape index (κ2) is 10.5. The van der Waals surface area contributed by atoms with E-state index in [1.54, 1.807) is 24.4 Å². The van der Waals surface area contributed by atoms with Gasteiger partial charge in [0.05, 0.1) is 37.4 Å². The second-order valence-corrected chi connectivity index (χ2v) is 8.65. The maximum absolute atomic E-state index is 13.6. The number of H-pyrrole nitrogens is 1. The van der Waals surface area contributed by atoms with E-state index < -0.39 is 11.7 Å². The quantitative estimate of drug-likeness (QED) is 0.500. The summed E-state index contributed by atoms with van der Waals surface area (Å²) in [6, 6.07) is 7.73. The topological polar surface area (TPSA) is 114 Å². The fraction of sp³-hybridized carbons (Fsp3) is 0.417. The third-order valence-corrected chi connectivity index (χ3v) is 5.49. The van der Waals surface area contributed by atoms with Gasteiger partial charge in [0.1, 0.15) is 5.82 Å². The predicted molar refractivity (Wildman–Crippen MR) is 126 cm³/mol. The Kier molecular flexibility index (Phi) is 7.39. The Morgan fingerprint density at radius 1 is 1.23 bits per heavy atom. The maximum Gasteiger partial charge on any atom is 0.316 e. The van der Waals surface area contributed by atoms with Crippen molar-refractivity contribution >= 4 is 5.91 Å². The van der Waals surface area contributed by atoms with Crippen LogP contribution in [0.25, 0.3) is 22.6 Å². The number of nitrogens with one attached hydrogen (secondary N) is 2. The number of likely N-dealkylation sites (N-methyl/N-ethyl adjacent to an activating group) is 1. The molecule has 1 fully saturated rings. The second-order valence-electron chi connectivity index (χ2n) is 8.65. The molecule has 1 aliphatic rings. The fourth-order valence-electron chi connectivity index (χ4n) is 3.60. The van der Waals surface area contributed by atoms with Crippen LogP contribution in [0.3, 0.4) is 0 Å². The Hall–Kier alpha value is -3.41. The molecule has 3 aromatic rings. The van der Waals surface area contributed by atoms with Gasteiger partial charge in [0.15, 0.2) is 5.82 Å². The van der Waals surface area contributed by atoms with Gasteiger partial charge in [-0.3, -0.25) is 4.79 Å². The van der Waals surface area contributed by atoms with E-state index in [0.29, 0.717) is 48.9 Å². The predicted octanol–water partition coefficient (Wildman–Crippen LogP) is 2.19. The van der Waals surface area contributed by atoms with Crippen molar-refractivity contribution in [3.63, 3.8) is 0 Å². The number of carbonyl (C=O) groups is 1. The van der Waals surface area contributed by atoms with E-state index in [1.165, 1.54) is 19.2 Å². The molecule has 2 aromatic heterocycles. The smallest absolute Gasteiger partial charge is 0.316 e. The van der Waals surface area contributed by atoms with Gasteiger partial charge in [0.2, 0.25) is 0 Å². The summed E-state index contributed by atoms with van der Waals surface area (Å²) >= 11 is 0. The molecule has 1 amide bonds. The largest absolute Gasteiger partial charge is 0.467 e. The van der Waals surface area contributed by atoms with Gasteiger partial charge in [0, 0.05) is 30.8 Å². The number of hydrogen-bond donors (Lipinski definition) is 2. The summed E-state index contributed by atoms with van der Waals surface area (Å²) in [7, 11) is 5.30. The fourth-order valence-corrected chi connectivity index (χ4v) is 3.60. The molecule has 1 saturated heterocycles. The molecule has 10 nitrogen and oxygen atoms in total. The molecule has 0 radical (unpaired) electrons. The Balaban J connectivity index is 1.81. The van der Waals surface area contributed by atoms with E-state index in [9.17, 15) is 9.18 Å². The first-order valence-corrected chi connectivity index (χ1v) is 11.3. The Bertz CT molecular complexity index is 1160.